The zero-order valence-corrected chi connectivity index (χ0v) is 11.1. The van der Waals surface area contributed by atoms with Gasteiger partial charge in [0, 0.05) is 24.2 Å². The Morgan fingerprint density at radius 3 is 2.58 bits per heavy atom. The molecule has 0 saturated heterocycles. The topological polar surface area (TPSA) is 110 Å². The highest BCUT2D eigenvalue weighted by atomic mass is 16.2. The summed E-state index contributed by atoms with van der Waals surface area (Å²) >= 11 is 0. The molecule has 6 N–H and O–H groups in total. The summed E-state index contributed by atoms with van der Waals surface area (Å²) in [7, 11) is 0. The summed E-state index contributed by atoms with van der Waals surface area (Å²) in [6.45, 7) is 3.58. The van der Waals surface area contributed by atoms with Gasteiger partial charge >= 0.3 is 6.03 Å². The Hall–Kier alpha value is -2.08. The summed E-state index contributed by atoms with van der Waals surface area (Å²) < 4.78 is 0. The molecule has 0 heterocycles. The zero-order chi connectivity index (χ0) is 14.4. The lowest BCUT2D eigenvalue weighted by atomic mass is 10.1. The van der Waals surface area contributed by atoms with Gasteiger partial charge in [0.05, 0.1) is 0 Å². The van der Waals surface area contributed by atoms with E-state index in [0.717, 1.165) is 5.56 Å². The number of nitrogens with two attached hydrogens (primary N) is 2. The van der Waals surface area contributed by atoms with Gasteiger partial charge in [0.2, 0.25) is 5.91 Å². The molecule has 0 bridgehead atoms. The van der Waals surface area contributed by atoms with Crippen molar-refractivity contribution in [2.45, 2.75) is 32.4 Å². The molecule has 0 aliphatic heterocycles. The Bertz CT molecular complexity index is 460. The Kier molecular flexibility index (Phi) is 5.32. The average Bonchev–Trinajstić information content (AvgIpc) is 2.27. The molecule has 0 saturated carbocycles. The van der Waals surface area contributed by atoms with E-state index in [9.17, 15) is 9.59 Å². The second-order valence-electron chi connectivity index (χ2n) is 4.58. The number of nitrogens with one attached hydrogen (secondary N) is 2. The van der Waals surface area contributed by atoms with Crippen LogP contribution in [-0.2, 0) is 4.79 Å². The Balaban J connectivity index is 2.57. The lowest BCUT2D eigenvalue weighted by molar-refractivity contribution is -0.118. The molecule has 1 rings (SSSR count). The molecule has 2 atom stereocenters. The molecule has 0 aliphatic rings. The number of amides is 3. The number of carbonyl (C=O) groups excluding carboxylic acids is 2. The van der Waals surface area contributed by atoms with Crippen LogP contribution in [0.25, 0.3) is 0 Å². The fourth-order valence-corrected chi connectivity index (χ4v) is 1.64. The van der Waals surface area contributed by atoms with E-state index in [2.05, 4.69) is 10.6 Å². The molecule has 2 unspecified atom stereocenters. The van der Waals surface area contributed by atoms with Crippen LogP contribution in [0.15, 0.2) is 24.3 Å². The highest BCUT2D eigenvalue weighted by Gasteiger charge is 2.10. The molecule has 104 valence electrons. The molecule has 0 aliphatic carbocycles. The quantitative estimate of drug-likeness (QED) is 0.639. The number of rotatable bonds is 5. The number of hydrogen-bond donors (Lipinski definition) is 4. The first-order valence-corrected chi connectivity index (χ1v) is 6.10. The van der Waals surface area contributed by atoms with Crippen LogP contribution in [0.3, 0.4) is 0 Å². The molecule has 0 radical (unpaired) electrons. The van der Waals surface area contributed by atoms with Crippen LogP contribution in [-0.4, -0.2) is 18.0 Å². The van der Waals surface area contributed by atoms with Crippen molar-refractivity contribution in [1.29, 1.82) is 0 Å². The van der Waals surface area contributed by atoms with Crippen LogP contribution >= 0.6 is 0 Å². The highest BCUT2D eigenvalue weighted by molar-refractivity contribution is 5.89. The normalized spacial score (nSPS) is 13.4. The summed E-state index contributed by atoms with van der Waals surface area (Å²) in [5.41, 5.74) is 12.4. The molecular formula is C13H20N4O2. The standard InChI is InChI=1S/C13H20N4O2/c1-8(6-12(15)18)16-13(19)17-11-5-3-4-10(7-11)9(2)14/h3-5,7-9H,6,14H2,1-2H3,(H2,15,18)(H2,16,17,19). The maximum absolute atomic E-state index is 11.7. The molecule has 1 aromatic rings. The van der Waals surface area contributed by atoms with E-state index in [1.165, 1.54) is 0 Å². The zero-order valence-electron chi connectivity index (χ0n) is 11.1. The first kappa shape index (κ1) is 15.0. The summed E-state index contributed by atoms with van der Waals surface area (Å²) in [4.78, 5) is 22.4. The average molecular weight is 264 g/mol. The van der Waals surface area contributed by atoms with Gasteiger partial charge in [0.25, 0.3) is 0 Å². The number of urea groups is 1. The fraction of sp³-hybridized carbons (Fsp3) is 0.385. The van der Waals surface area contributed by atoms with E-state index in [-0.39, 0.29) is 24.5 Å². The van der Waals surface area contributed by atoms with Gasteiger partial charge in [-0.25, -0.2) is 4.79 Å². The maximum atomic E-state index is 11.7. The van der Waals surface area contributed by atoms with E-state index in [1.54, 1.807) is 13.0 Å². The van der Waals surface area contributed by atoms with Gasteiger partial charge in [-0.3, -0.25) is 4.79 Å². The van der Waals surface area contributed by atoms with Crippen molar-refractivity contribution in [3.8, 4) is 0 Å². The van der Waals surface area contributed by atoms with Crippen LogP contribution in [0.2, 0.25) is 0 Å². The summed E-state index contributed by atoms with van der Waals surface area (Å²) in [6.07, 6.45) is 0.104. The van der Waals surface area contributed by atoms with E-state index < -0.39 is 5.91 Å². The van der Waals surface area contributed by atoms with Crippen molar-refractivity contribution in [3.63, 3.8) is 0 Å². The minimum Gasteiger partial charge on any atom is -0.370 e. The number of hydrogen-bond acceptors (Lipinski definition) is 3. The van der Waals surface area contributed by atoms with E-state index in [4.69, 9.17) is 11.5 Å². The third-order valence-electron chi connectivity index (χ3n) is 2.56. The maximum Gasteiger partial charge on any atom is 0.319 e. The smallest absolute Gasteiger partial charge is 0.319 e. The number of benzene rings is 1. The molecular weight excluding hydrogens is 244 g/mol. The van der Waals surface area contributed by atoms with Crippen LogP contribution in [0.5, 0.6) is 0 Å². The van der Waals surface area contributed by atoms with Gasteiger partial charge in [0.15, 0.2) is 0 Å². The third kappa shape index (κ3) is 5.39. The molecule has 6 nitrogen and oxygen atoms in total. The van der Waals surface area contributed by atoms with E-state index >= 15 is 0 Å². The largest absolute Gasteiger partial charge is 0.370 e. The van der Waals surface area contributed by atoms with Gasteiger partial charge in [-0.1, -0.05) is 12.1 Å². The number of anilines is 1. The fourth-order valence-electron chi connectivity index (χ4n) is 1.64. The van der Waals surface area contributed by atoms with Gasteiger partial charge in [-0.15, -0.1) is 0 Å². The third-order valence-corrected chi connectivity index (χ3v) is 2.56. The molecule has 0 spiro atoms. The summed E-state index contributed by atoms with van der Waals surface area (Å²) in [6, 6.07) is 6.50. The minimum atomic E-state index is -0.452. The molecule has 0 aromatic heterocycles. The van der Waals surface area contributed by atoms with Crippen LogP contribution in [0.4, 0.5) is 10.5 Å². The second-order valence-corrected chi connectivity index (χ2v) is 4.58. The second kappa shape index (κ2) is 6.75. The van der Waals surface area contributed by atoms with Crippen molar-refractivity contribution in [3.05, 3.63) is 29.8 Å². The Morgan fingerprint density at radius 1 is 1.32 bits per heavy atom. The first-order chi connectivity index (χ1) is 8.88. The molecule has 19 heavy (non-hydrogen) atoms. The molecule has 1 aromatic carbocycles. The van der Waals surface area contributed by atoms with Crippen LogP contribution < -0.4 is 22.1 Å². The van der Waals surface area contributed by atoms with Crippen LogP contribution in [0, 0.1) is 0 Å². The summed E-state index contributed by atoms with van der Waals surface area (Å²) in [5, 5.41) is 5.31. The van der Waals surface area contributed by atoms with Gasteiger partial charge < -0.3 is 22.1 Å². The molecule has 0 fully saturated rings. The SMILES string of the molecule is CC(CC(N)=O)NC(=O)Nc1cccc(C(C)N)c1. The van der Waals surface area contributed by atoms with Gasteiger partial charge in [-0.2, -0.15) is 0 Å². The van der Waals surface area contributed by atoms with Crippen LogP contribution in [0.1, 0.15) is 31.9 Å². The highest BCUT2D eigenvalue weighted by Crippen LogP contribution is 2.15. The predicted octanol–water partition coefficient (Wildman–Crippen LogP) is 1.09. The lowest BCUT2D eigenvalue weighted by Crippen LogP contribution is -2.38. The Labute approximate surface area is 112 Å². The lowest BCUT2D eigenvalue weighted by Gasteiger charge is -2.14. The number of carbonyl (C=O) groups is 2. The number of primary amides is 1. The predicted molar refractivity (Wildman–Crippen MR) is 74.5 cm³/mol. The van der Waals surface area contributed by atoms with Crippen molar-refractivity contribution in [2.24, 2.45) is 11.5 Å². The summed E-state index contributed by atoms with van der Waals surface area (Å²) in [5.74, 6) is -0.452. The van der Waals surface area contributed by atoms with Crippen molar-refractivity contribution >= 4 is 17.6 Å². The minimum absolute atomic E-state index is 0.0985. The van der Waals surface area contributed by atoms with E-state index in [1.807, 2.05) is 25.1 Å². The first-order valence-electron chi connectivity index (χ1n) is 6.10. The molecule has 3 amide bonds. The Morgan fingerprint density at radius 2 is 2.00 bits per heavy atom. The van der Waals surface area contributed by atoms with Crippen molar-refractivity contribution < 1.29 is 9.59 Å². The van der Waals surface area contributed by atoms with Gasteiger partial charge in [0.1, 0.15) is 0 Å². The van der Waals surface area contributed by atoms with Crippen molar-refractivity contribution in [2.75, 3.05) is 5.32 Å². The monoisotopic (exact) mass is 264 g/mol. The van der Waals surface area contributed by atoms with Gasteiger partial charge in [-0.05, 0) is 31.5 Å². The molecule has 6 heteroatoms. The van der Waals surface area contributed by atoms with E-state index in [0.29, 0.717) is 5.69 Å². The van der Waals surface area contributed by atoms with Crippen molar-refractivity contribution in [1.82, 2.24) is 5.32 Å².